The van der Waals surface area contributed by atoms with E-state index in [9.17, 15) is 4.79 Å². The van der Waals surface area contributed by atoms with Crippen molar-refractivity contribution >= 4 is 16.8 Å². The minimum Gasteiger partial charge on any atom is -0.332 e. The number of hydrogen-bond acceptors (Lipinski definition) is 2. The lowest BCUT2D eigenvalue weighted by molar-refractivity contribution is 0.0705. The van der Waals surface area contributed by atoms with Crippen molar-refractivity contribution in [2.24, 2.45) is 0 Å². The van der Waals surface area contributed by atoms with E-state index >= 15 is 0 Å². The van der Waals surface area contributed by atoms with E-state index in [0.717, 1.165) is 10.9 Å². The summed E-state index contributed by atoms with van der Waals surface area (Å²) in [6.07, 6.45) is 0. The molecular formula is C14H16N2O2. The molecule has 4 heteroatoms. The van der Waals surface area contributed by atoms with Gasteiger partial charge in [-0.2, -0.15) is 0 Å². The smallest absolute Gasteiger partial charge is 0.332 e. The molecule has 0 heterocycles. The fourth-order valence-electron chi connectivity index (χ4n) is 1.80. The summed E-state index contributed by atoms with van der Waals surface area (Å²) in [7, 11) is 0. The Morgan fingerprint density at radius 1 is 1.17 bits per heavy atom. The van der Waals surface area contributed by atoms with Gasteiger partial charge in [-0.05, 0) is 23.3 Å². The van der Waals surface area contributed by atoms with Gasteiger partial charge < -0.3 is 5.32 Å². The van der Waals surface area contributed by atoms with Crippen LogP contribution in [-0.4, -0.2) is 12.6 Å². The first-order chi connectivity index (χ1) is 8.81. The average molecular weight is 244 g/mol. The number of carbonyl (C=O) groups is 1. The van der Waals surface area contributed by atoms with Gasteiger partial charge in [-0.3, -0.25) is 4.84 Å². The molecule has 0 aliphatic rings. The second-order valence-corrected chi connectivity index (χ2v) is 3.86. The molecule has 0 aromatic heterocycles. The Bertz CT molecular complexity index is 535. The standard InChI is InChI=1S/C14H16N2O2/c1-2-18-16-14(17)15-10-12-8-5-7-11-6-3-4-9-13(11)12/h3-9H,2,10H2,1H3,(H2,15,16,17). The Balaban J connectivity index is 2.05. The lowest BCUT2D eigenvalue weighted by atomic mass is 10.0. The molecule has 0 spiro atoms. The molecule has 2 amide bonds. The van der Waals surface area contributed by atoms with E-state index < -0.39 is 0 Å². The van der Waals surface area contributed by atoms with Crippen LogP contribution in [0.4, 0.5) is 4.79 Å². The number of rotatable bonds is 4. The maximum atomic E-state index is 11.4. The van der Waals surface area contributed by atoms with Gasteiger partial charge in [-0.1, -0.05) is 42.5 Å². The third-order valence-electron chi connectivity index (χ3n) is 2.63. The van der Waals surface area contributed by atoms with Crippen LogP contribution in [0, 0.1) is 0 Å². The van der Waals surface area contributed by atoms with E-state index in [4.69, 9.17) is 4.84 Å². The summed E-state index contributed by atoms with van der Waals surface area (Å²) in [5.74, 6) is 0. The minimum absolute atomic E-state index is 0.329. The van der Waals surface area contributed by atoms with Gasteiger partial charge in [-0.15, -0.1) is 0 Å². The van der Waals surface area contributed by atoms with Crippen LogP contribution in [-0.2, 0) is 11.4 Å². The first-order valence-electron chi connectivity index (χ1n) is 5.93. The predicted octanol–water partition coefficient (Wildman–Crippen LogP) is 2.59. The summed E-state index contributed by atoms with van der Waals surface area (Å²) in [6.45, 7) is 2.73. The Hall–Kier alpha value is -2.07. The zero-order chi connectivity index (χ0) is 12.8. The highest BCUT2D eigenvalue weighted by Crippen LogP contribution is 2.17. The van der Waals surface area contributed by atoms with Gasteiger partial charge in [-0.25, -0.2) is 10.3 Å². The topological polar surface area (TPSA) is 50.4 Å². The fourth-order valence-corrected chi connectivity index (χ4v) is 1.80. The molecule has 0 radical (unpaired) electrons. The maximum Gasteiger partial charge on any atom is 0.338 e. The Morgan fingerprint density at radius 2 is 1.94 bits per heavy atom. The van der Waals surface area contributed by atoms with Gasteiger partial charge in [0.2, 0.25) is 0 Å². The summed E-state index contributed by atoms with van der Waals surface area (Å²) in [4.78, 5) is 16.2. The molecule has 0 aliphatic carbocycles. The third kappa shape index (κ3) is 2.99. The first kappa shape index (κ1) is 12.4. The molecule has 94 valence electrons. The van der Waals surface area contributed by atoms with Gasteiger partial charge in [0, 0.05) is 6.54 Å². The van der Waals surface area contributed by atoms with Crippen molar-refractivity contribution in [1.29, 1.82) is 0 Å². The molecule has 0 fully saturated rings. The monoisotopic (exact) mass is 244 g/mol. The maximum absolute atomic E-state index is 11.4. The van der Waals surface area contributed by atoms with Crippen LogP contribution < -0.4 is 10.8 Å². The van der Waals surface area contributed by atoms with Crippen LogP contribution >= 0.6 is 0 Å². The summed E-state index contributed by atoms with van der Waals surface area (Å²) in [5, 5.41) is 5.07. The first-order valence-corrected chi connectivity index (χ1v) is 5.93. The second kappa shape index (κ2) is 6.02. The normalized spacial score (nSPS) is 10.3. The van der Waals surface area contributed by atoms with Crippen LogP contribution in [0.1, 0.15) is 12.5 Å². The summed E-state index contributed by atoms with van der Waals surface area (Å²) >= 11 is 0. The lowest BCUT2D eigenvalue weighted by Gasteiger charge is -2.09. The largest absolute Gasteiger partial charge is 0.338 e. The van der Waals surface area contributed by atoms with E-state index in [-0.39, 0.29) is 6.03 Å². The van der Waals surface area contributed by atoms with Crippen LogP contribution in [0.3, 0.4) is 0 Å². The van der Waals surface area contributed by atoms with Crippen molar-refractivity contribution in [1.82, 2.24) is 10.8 Å². The van der Waals surface area contributed by atoms with Crippen molar-refractivity contribution < 1.29 is 9.63 Å². The van der Waals surface area contributed by atoms with E-state index in [1.807, 2.05) is 37.3 Å². The quantitative estimate of drug-likeness (QED) is 0.812. The van der Waals surface area contributed by atoms with Crippen LogP contribution in [0.25, 0.3) is 10.8 Å². The van der Waals surface area contributed by atoms with E-state index in [1.54, 1.807) is 0 Å². The number of urea groups is 1. The molecule has 0 saturated heterocycles. The minimum atomic E-state index is -0.329. The molecular weight excluding hydrogens is 228 g/mol. The summed E-state index contributed by atoms with van der Waals surface area (Å²) in [6, 6.07) is 13.8. The van der Waals surface area contributed by atoms with E-state index in [1.165, 1.54) is 5.39 Å². The number of carbonyl (C=O) groups excluding carboxylic acids is 1. The molecule has 0 aliphatic heterocycles. The molecule has 2 aromatic carbocycles. The van der Waals surface area contributed by atoms with Crippen molar-refractivity contribution in [3.05, 3.63) is 48.0 Å². The van der Waals surface area contributed by atoms with Crippen molar-refractivity contribution in [3.8, 4) is 0 Å². The Kier molecular flexibility index (Phi) is 4.15. The van der Waals surface area contributed by atoms with Crippen LogP contribution in [0.2, 0.25) is 0 Å². The highest BCUT2D eigenvalue weighted by molar-refractivity contribution is 5.86. The number of nitrogens with one attached hydrogen (secondary N) is 2. The van der Waals surface area contributed by atoms with E-state index in [2.05, 4.69) is 22.9 Å². The molecule has 0 saturated carbocycles. The van der Waals surface area contributed by atoms with Gasteiger partial charge in [0.25, 0.3) is 0 Å². The number of hydroxylamine groups is 1. The fraction of sp³-hybridized carbons (Fsp3) is 0.214. The molecule has 2 rings (SSSR count). The molecule has 0 bridgehead atoms. The Labute approximate surface area is 106 Å². The lowest BCUT2D eigenvalue weighted by Crippen LogP contribution is -2.35. The summed E-state index contributed by atoms with van der Waals surface area (Å²) < 4.78 is 0. The number of amides is 2. The number of fused-ring (bicyclic) bond motifs is 1. The van der Waals surface area contributed by atoms with E-state index in [0.29, 0.717) is 13.2 Å². The molecule has 2 aromatic rings. The van der Waals surface area contributed by atoms with Crippen molar-refractivity contribution in [2.75, 3.05) is 6.61 Å². The average Bonchev–Trinajstić information content (AvgIpc) is 2.42. The number of benzene rings is 2. The highest BCUT2D eigenvalue weighted by atomic mass is 16.7. The van der Waals surface area contributed by atoms with Crippen LogP contribution in [0.5, 0.6) is 0 Å². The zero-order valence-electron chi connectivity index (χ0n) is 10.3. The molecule has 4 nitrogen and oxygen atoms in total. The highest BCUT2D eigenvalue weighted by Gasteiger charge is 2.02. The predicted molar refractivity (Wildman–Crippen MR) is 70.9 cm³/mol. The van der Waals surface area contributed by atoms with Gasteiger partial charge in [0.15, 0.2) is 0 Å². The summed E-state index contributed by atoms with van der Waals surface area (Å²) in [5.41, 5.74) is 3.38. The van der Waals surface area contributed by atoms with Crippen molar-refractivity contribution in [3.63, 3.8) is 0 Å². The van der Waals surface area contributed by atoms with Crippen molar-refractivity contribution in [2.45, 2.75) is 13.5 Å². The second-order valence-electron chi connectivity index (χ2n) is 3.86. The van der Waals surface area contributed by atoms with Gasteiger partial charge in [0.1, 0.15) is 0 Å². The third-order valence-corrected chi connectivity index (χ3v) is 2.63. The zero-order valence-corrected chi connectivity index (χ0v) is 10.3. The van der Waals surface area contributed by atoms with Gasteiger partial charge >= 0.3 is 6.03 Å². The van der Waals surface area contributed by atoms with Gasteiger partial charge in [0.05, 0.1) is 6.61 Å². The molecule has 18 heavy (non-hydrogen) atoms. The Morgan fingerprint density at radius 3 is 2.78 bits per heavy atom. The SMILES string of the molecule is CCONC(=O)NCc1cccc2ccccc12. The number of hydrogen-bond donors (Lipinski definition) is 2. The molecule has 2 N–H and O–H groups in total. The molecule has 0 atom stereocenters. The molecule has 0 unspecified atom stereocenters. The van der Waals surface area contributed by atoms with Crippen LogP contribution in [0.15, 0.2) is 42.5 Å².